The zero-order valence-corrected chi connectivity index (χ0v) is 7.86. The average Bonchev–Trinajstić information content (AvgIpc) is 2.17. The molecule has 13 heavy (non-hydrogen) atoms. The Hall–Kier alpha value is -1.50. The van der Waals surface area contributed by atoms with Gasteiger partial charge in [-0.25, -0.2) is 0 Å². The highest BCUT2D eigenvalue weighted by Crippen LogP contribution is 2.04. The van der Waals surface area contributed by atoms with Crippen LogP contribution in [0.4, 0.5) is 0 Å². The number of rotatable bonds is 4. The molecule has 0 heterocycles. The van der Waals surface area contributed by atoms with Gasteiger partial charge in [0.2, 0.25) is 0 Å². The van der Waals surface area contributed by atoms with E-state index in [-0.39, 0.29) is 0 Å². The molecule has 0 saturated heterocycles. The molecule has 0 unspecified atom stereocenters. The van der Waals surface area contributed by atoms with Crippen LogP contribution in [-0.2, 0) is 4.74 Å². The van der Waals surface area contributed by atoms with E-state index in [9.17, 15) is 0 Å². The predicted molar refractivity (Wildman–Crippen MR) is 56.2 cm³/mol. The lowest BCUT2D eigenvalue weighted by Gasteiger charge is -1.99. The summed E-state index contributed by atoms with van der Waals surface area (Å²) >= 11 is 0. The third kappa shape index (κ3) is 3.61. The van der Waals surface area contributed by atoms with Crippen LogP contribution in [-0.4, -0.2) is 6.61 Å². The smallest absolute Gasteiger partial charge is 0.112 e. The van der Waals surface area contributed by atoms with Crippen molar-refractivity contribution < 1.29 is 4.74 Å². The van der Waals surface area contributed by atoms with Crippen molar-refractivity contribution >= 4 is 6.08 Å². The molecule has 68 valence electrons. The summed E-state index contributed by atoms with van der Waals surface area (Å²) < 4.78 is 5.18. The molecule has 0 spiro atoms. The minimum atomic E-state index is 0.665. The summed E-state index contributed by atoms with van der Waals surface area (Å²) in [5.41, 5.74) is 1.16. The summed E-state index contributed by atoms with van der Waals surface area (Å²) in [4.78, 5) is 0. The number of hydrogen-bond donors (Lipinski definition) is 0. The zero-order chi connectivity index (χ0) is 9.52. The van der Waals surface area contributed by atoms with E-state index in [0.717, 1.165) is 5.56 Å². The third-order valence-corrected chi connectivity index (χ3v) is 1.59. The maximum absolute atomic E-state index is 5.18. The van der Waals surface area contributed by atoms with Crippen LogP contribution in [0.15, 0.2) is 48.7 Å². The number of ether oxygens (including phenoxy) is 1. The van der Waals surface area contributed by atoms with E-state index in [4.69, 9.17) is 4.74 Å². The molecule has 0 radical (unpaired) electrons. The minimum Gasteiger partial charge on any atom is -0.495 e. The van der Waals surface area contributed by atoms with Crippen LogP contribution in [0, 0.1) is 0 Å². The van der Waals surface area contributed by atoms with Crippen LogP contribution in [0.3, 0.4) is 0 Å². The van der Waals surface area contributed by atoms with Gasteiger partial charge in [-0.3, -0.25) is 0 Å². The highest BCUT2D eigenvalue weighted by molar-refractivity contribution is 5.51. The van der Waals surface area contributed by atoms with Crippen LogP contribution in [0.2, 0.25) is 0 Å². The molecule has 1 heteroatoms. The van der Waals surface area contributed by atoms with Crippen molar-refractivity contribution in [1.82, 2.24) is 0 Å². The van der Waals surface area contributed by atoms with Gasteiger partial charge >= 0.3 is 0 Å². The van der Waals surface area contributed by atoms with E-state index in [0.29, 0.717) is 12.4 Å². The second-order valence-electron chi connectivity index (χ2n) is 2.64. The predicted octanol–water partition coefficient (Wildman–Crippen LogP) is 3.25. The summed E-state index contributed by atoms with van der Waals surface area (Å²) in [6, 6.07) is 10.1. The molecule has 0 aromatic heterocycles. The molecule has 1 rings (SSSR count). The lowest BCUT2D eigenvalue weighted by atomic mass is 10.2. The second kappa shape index (κ2) is 5.20. The van der Waals surface area contributed by atoms with Gasteiger partial charge < -0.3 is 4.74 Å². The molecule has 0 fully saturated rings. The largest absolute Gasteiger partial charge is 0.495 e. The molecular weight excluding hydrogens is 160 g/mol. The van der Waals surface area contributed by atoms with Gasteiger partial charge in [-0.05, 0) is 18.6 Å². The van der Waals surface area contributed by atoms with Crippen LogP contribution >= 0.6 is 0 Å². The zero-order valence-electron chi connectivity index (χ0n) is 7.86. The second-order valence-corrected chi connectivity index (χ2v) is 2.64. The van der Waals surface area contributed by atoms with Gasteiger partial charge in [-0.15, -0.1) is 0 Å². The molecule has 0 amide bonds. The summed E-state index contributed by atoms with van der Waals surface area (Å²) in [6.07, 6.45) is 3.86. The minimum absolute atomic E-state index is 0.665. The molecule has 0 aliphatic rings. The molecule has 0 aliphatic carbocycles. The fourth-order valence-corrected chi connectivity index (χ4v) is 0.987. The monoisotopic (exact) mass is 174 g/mol. The molecule has 1 aromatic carbocycles. The molecule has 0 bridgehead atoms. The van der Waals surface area contributed by atoms with E-state index in [1.54, 1.807) is 0 Å². The molecule has 0 atom stereocenters. The van der Waals surface area contributed by atoms with Gasteiger partial charge in [0.25, 0.3) is 0 Å². The molecular formula is C12H14O. The topological polar surface area (TPSA) is 9.23 Å². The van der Waals surface area contributed by atoms with Gasteiger partial charge in [0.1, 0.15) is 5.76 Å². The highest BCUT2D eigenvalue weighted by Gasteiger charge is 1.86. The fraction of sp³-hybridized carbons (Fsp3) is 0.167. The van der Waals surface area contributed by atoms with E-state index in [1.807, 2.05) is 49.4 Å². The normalized spacial score (nSPS) is 10.2. The summed E-state index contributed by atoms with van der Waals surface area (Å²) in [7, 11) is 0. The summed E-state index contributed by atoms with van der Waals surface area (Å²) in [5.74, 6) is 0.700. The van der Waals surface area contributed by atoms with Crippen LogP contribution in [0.1, 0.15) is 12.5 Å². The Morgan fingerprint density at radius 1 is 1.38 bits per heavy atom. The van der Waals surface area contributed by atoms with E-state index in [1.165, 1.54) is 0 Å². The number of benzene rings is 1. The Bertz CT molecular complexity index is 285. The third-order valence-electron chi connectivity index (χ3n) is 1.59. The van der Waals surface area contributed by atoms with Crippen LogP contribution < -0.4 is 0 Å². The first-order chi connectivity index (χ1) is 6.33. The van der Waals surface area contributed by atoms with Gasteiger partial charge in [0, 0.05) is 0 Å². The van der Waals surface area contributed by atoms with Gasteiger partial charge in [0.15, 0.2) is 0 Å². The SMILES string of the molecule is C=C(/C=C/c1ccccc1)OCC. The van der Waals surface area contributed by atoms with Crippen LogP contribution in [0.5, 0.6) is 0 Å². The van der Waals surface area contributed by atoms with Crippen LogP contribution in [0.25, 0.3) is 6.08 Å². The van der Waals surface area contributed by atoms with Gasteiger partial charge in [-0.2, -0.15) is 0 Å². The van der Waals surface area contributed by atoms with E-state index >= 15 is 0 Å². The number of hydrogen-bond acceptors (Lipinski definition) is 1. The lowest BCUT2D eigenvalue weighted by molar-refractivity contribution is 0.244. The molecule has 0 saturated carbocycles. The van der Waals surface area contributed by atoms with Crippen molar-refractivity contribution in [3.8, 4) is 0 Å². The standard InChI is InChI=1S/C12H14O/c1-3-13-11(2)9-10-12-7-5-4-6-8-12/h4-10H,2-3H2,1H3/b10-9+. The fourth-order valence-electron chi connectivity index (χ4n) is 0.987. The molecule has 0 N–H and O–H groups in total. The van der Waals surface area contributed by atoms with Crippen molar-refractivity contribution in [2.75, 3.05) is 6.61 Å². The summed E-state index contributed by atoms with van der Waals surface area (Å²) in [5, 5.41) is 0. The van der Waals surface area contributed by atoms with Crippen molar-refractivity contribution in [2.45, 2.75) is 6.92 Å². The summed E-state index contributed by atoms with van der Waals surface area (Å²) in [6.45, 7) is 6.36. The van der Waals surface area contributed by atoms with Crippen molar-refractivity contribution in [1.29, 1.82) is 0 Å². The maximum Gasteiger partial charge on any atom is 0.112 e. The molecule has 1 aromatic rings. The average molecular weight is 174 g/mol. The molecule has 1 nitrogen and oxygen atoms in total. The number of allylic oxidation sites excluding steroid dienone is 1. The Labute approximate surface area is 79.4 Å². The lowest BCUT2D eigenvalue weighted by Crippen LogP contribution is -1.84. The Morgan fingerprint density at radius 2 is 2.08 bits per heavy atom. The van der Waals surface area contributed by atoms with E-state index < -0.39 is 0 Å². The Morgan fingerprint density at radius 3 is 2.69 bits per heavy atom. The van der Waals surface area contributed by atoms with E-state index in [2.05, 4.69) is 6.58 Å². The molecule has 0 aliphatic heterocycles. The van der Waals surface area contributed by atoms with Gasteiger partial charge in [0.05, 0.1) is 6.61 Å². The Kier molecular flexibility index (Phi) is 3.83. The first-order valence-electron chi connectivity index (χ1n) is 4.37. The van der Waals surface area contributed by atoms with Crippen molar-refractivity contribution in [3.05, 3.63) is 54.3 Å². The maximum atomic E-state index is 5.18. The van der Waals surface area contributed by atoms with Gasteiger partial charge in [-0.1, -0.05) is 43.0 Å². The van der Waals surface area contributed by atoms with Crippen molar-refractivity contribution in [2.24, 2.45) is 0 Å². The first-order valence-corrected chi connectivity index (χ1v) is 4.37. The highest BCUT2D eigenvalue weighted by atomic mass is 16.5. The first kappa shape index (κ1) is 9.59. The van der Waals surface area contributed by atoms with Crippen molar-refractivity contribution in [3.63, 3.8) is 0 Å². The quantitative estimate of drug-likeness (QED) is 0.503. The Balaban J connectivity index is 2.54.